The quantitative estimate of drug-likeness (QED) is 0.387. The molecule has 0 spiro atoms. The van der Waals surface area contributed by atoms with Crippen LogP contribution < -0.4 is 11.1 Å². The van der Waals surface area contributed by atoms with Crippen molar-refractivity contribution in [3.63, 3.8) is 0 Å². The van der Waals surface area contributed by atoms with Gasteiger partial charge in [0.25, 0.3) is 0 Å². The molecule has 29 heavy (non-hydrogen) atoms. The van der Waals surface area contributed by atoms with Gasteiger partial charge in [-0.1, -0.05) is 24.3 Å². The smallest absolute Gasteiger partial charge is 0.408 e. The SMILES string of the molecule is COC(=O)C(Cc1ccc(C(=N)N)cc1)NC(=O)OC12CC3CC(CC(C3)C1)C2. The van der Waals surface area contributed by atoms with Crippen molar-refractivity contribution in [3.8, 4) is 0 Å². The number of methoxy groups -OCH3 is 1. The molecule has 1 aromatic rings. The predicted octanol–water partition coefficient (Wildman–Crippen LogP) is 2.75. The van der Waals surface area contributed by atoms with Crippen LogP contribution in [0.25, 0.3) is 0 Å². The van der Waals surface area contributed by atoms with Crippen LogP contribution in [0.4, 0.5) is 4.79 Å². The normalized spacial score (nSPS) is 30.4. The average molecular weight is 399 g/mol. The molecule has 0 aromatic heterocycles. The Balaban J connectivity index is 1.41. The first-order valence-electron chi connectivity index (χ1n) is 10.4. The summed E-state index contributed by atoms with van der Waals surface area (Å²) in [5, 5.41) is 10.2. The topological polar surface area (TPSA) is 115 Å². The van der Waals surface area contributed by atoms with Gasteiger partial charge < -0.3 is 20.5 Å². The zero-order chi connectivity index (χ0) is 20.6. The second-order valence-corrected chi connectivity index (χ2v) is 9.02. The molecule has 0 radical (unpaired) electrons. The maximum atomic E-state index is 12.7. The number of nitrogen functional groups attached to an aromatic ring is 1. The van der Waals surface area contributed by atoms with Gasteiger partial charge in [-0.25, -0.2) is 9.59 Å². The molecule has 4 saturated carbocycles. The van der Waals surface area contributed by atoms with Gasteiger partial charge in [0.15, 0.2) is 0 Å². The van der Waals surface area contributed by atoms with E-state index in [9.17, 15) is 9.59 Å². The predicted molar refractivity (Wildman–Crippen MR) is 107 cm³/mol. The number of carbonyl (C=O) groups is 2. The third-order valence-corrected chi connectivity index (χ3v) is 6.77. The van der Waals surface area contributed by atoms with Gasteiger partial charge in [0.05, 0.1) is 7.11 Å². The van der Waals surface area contributed by atoms with Crippen molar-refractivity contribution < 1.29 is 19.1 Å². The summed E-state index contributed by atoms with van der Waals surface area (Å²) in [5.41, 5.74) is 6.56. The number of esters is 1. The highest BCUT2D eigenvalue weighted by molar-refractivity contribution is 5.94. The lowest BCUT2D eigenvalue weighted by Crippen LogP contribution is -2.55. The Labute approximate surface area is 170 Å². The number of alkyl carbamates (subject to hydrolysis) is 1. The Morgan fingerprint density at radius 3 is 2.17 bits per heavy atom. The molecule has 0 heterocycles. The summed E-state index contributed by atoms with van der Waals surface area (Å²) >= 11 is 0. The van der Waals surface area contributed by atoms with E-state index >= 15 is 0 Å². The minimum atomic E-state index is -0.829. The van der Waals surface area contributed by atoms with Crippen molar-refractivity contribution in [3.05, 3.63) is 35.4 Å². The second kappa shape index (κ2) is 7.69. The average Bonchev–Trinajstić information content (AvgIpc) is 2.65. The molecule has 7 heteroatoms. The van der Waals surface area contributed by atoms with E-state index in [0.717, 1.165) is 24.8 Å². The number of carbonyl (C=O) groups excluding carboxylic acids is 2. The number of rotatable bonds is 6. The van der Waals surface area contributed by atoms with Crippen molar-refractivity contribution in [2.45, 2.75) is 56.6 Å². The summed E-state index contributed by atoms with van der Waals surface area (Å²) in [5.74, 6) is 1.49. The zero-order valence-electron chi connectivity index (χ0n) is 16.8. The Hall–Kier alpha value is -2.57. The minimum Gasteiger partial charge on any atom is -0.467 e. The first-order valence-corrected chi connectivity index (χ1v) is 10.4. The van der Waals surface area contributed by atoms with Crippen LogP contribution in [0.1, 0.15) is 49.7 Å². The number of amidine groups is 1. The Morgan fingerprint density at radius 1 is 1.14 bits per heavy atom. The third-order valence-electron chi connectivity index (χ3n) is 6.77. The van der Waals surface area contributed by atoms with Gasteiger partial charge in [-0.05, 0) is 61.8 Å². The highest BCUT2D eigenvalue weighted by Crippen LogP contribution is 2.57. The lowest BCUT2D eigenvalue weighted by atomic mass is 9.54. The van der Waals surface area contributed by atoms with Crippen molar-refractivity contribution in [1.82, 2.24) is 5.32 Å². The fourth-order valence-electron chi connectivity index (χ4n) is 5.92. The first-order chi connectivity index (χ1) is 13.9. The summed E-state index contributed by atoms with van der Waals surface area (Å²) in [6, 6.07) is 6.20. The monoisotopic (exact) mass is 399 g/mol. The van der Waals surface area contributed by atoms with E-state index in [2.05, 4.69) is 5.32 Å². The van der Waals surface area contributed by atoms with Crippen LogP contribution in [0.15, 0.2) is 24.3 Å². The van der Waals surface area contributed by atoms with Crippen LogP contribution in [0, 0.1) is 23.2 Å². The molecule has 4 fully saturated rings. The second-order valence-electron chi connectivity index (χ2n) is 9.02. The molecule has 0 saturated heterocycles. The lowest BCUT2D eigenvalue weighted by molar-refractivity contribution is -0.144. The summed E-state index contributed by atoms with van der Waals surface area (Å²) in [7, 11) is 1.31. The molecule has 4 aliphatic carbocycles. The number of amides is 1. The van der Waals surface area contributed by atoms with Gasteiger partial charge in [0.1, 0.15) is 17.5 Å². The van der Waals surface area contributed by atoms with Gasteiger partial charge >= 0.3 is 12.1 Å². The molecule has 1 unspecified atom stereocenters. The lowest BCUT2D eigenvalue weighted by Gasteiger charge is -2.55. The molecular formula is C22H29N3O4. The van der Waals surface area contributed by atoms with Gasteiger partial charge in [0, 0.05) is 12.0 Å². The standard InChI is InChI=1S/C22H29N3O4/c1-28-20(26)18(9-13-2-4-17(5-3-13)19(23)24)25-21(27)29-22-10-14-6-15(11-22)8-16(7-14)12-22/h2-5,14-16,18H,6-12H2,1H3,(H3,23,24)(H,25,27). The highest BCUT2D eigenvalue weighted by Gasteiger charge is 2.53. The van der Waals surface area contributed by atoms with E-state index in [0.29, 0.717) is 23.3 Å². The molecule has 1 atom stereocenters. The summed E-state index contributed by atoms with van der Waals surface area (Å²) in [4.78, 5) is 25.0. The van der Waals surface area contributed by atoms with E-state index in [1.165, 1.54) is 26.4 Å². The molecule has 1 amide bonds. The molecule has 156 valence electrons. The van der Waals surface area contributed by atoms with Crippen LogP contribution in [0.2, 0.25) is 0 Å². The molecule has 7 nitrogen and oxygen atoms in total. The maximum Gasteiger partial charge on any atom is 0.408 e. The number of hydrogen-bond acceptors (Lipinski definition) is 5. The van der Waals surface area contributed by atoms with Crippen molar-refractivity contribution in [2.75, 3.05) is 7.11 Å². The summed E-state index contributed by atoms with van der Waals surface area (Å²) in [6.45, 7) is 0. The molecule has 4 aliphatic rings. The number of nitrogens with two attached hydrogens (primary N) is 1. The third kappa shape index (κ3) is 4.23. The number of nitrogens with one attached hydrogen (secondary N) is 2. The Bertz CT molecular complexity index is 769. The zero-order valence-corrected chi connectivity index (χ0v) is 16.8. The van der Waals surface area contributed by atoms with Crippen LogP contribution in [-0.4, -0.2) is 36.7 Å². The summed E-state index contributed by atoms with van der Waals surface area (Å²) < 4.78 is 10.8. The maximum absolute atomic E-state index is 12.7. The Morgan fingerprint density at radius 2 is 1.69 bits per heavy atom. The van der Waals surface area contributed by atoms with E-state index < -0.39 is 18.1 Å². The largest absolute Gasteiger partial charge is 0.467 e. The van der Waals surface area contributed by atoms with E-state index in [4.69, 9.17) is 20.6 Å². The van der Waals surface area contributed by atoms with E-state index in [1.807, 2.05) is 0 Å². The van der Waals surface area contributed by atoms with Crippen LogP contribution in [-0.2, 0) is 20.7 Å². The van der Waals surface area contributed by atoms with Crippen molar-refractivity contribution in [2.24, 2.45) is 23.5 Å². The molecule has 1 aromatic carbocycles. The van der Waals surface area contributed by atoms with Crippen LogP contribution in [0.3, 0.4) is 0 Å². The Kier molecular flexibility index (Phi) is 5.23. The van der Waals surface area contributed by atoms with E-state index in [1.54, 1.807) is 24.3 Å². The highest BCUT2D eigenvalue weighted by atomic mass is 16.6. The molecule has 4 bridgehead atoms. The van der Waals surface area contributed by atoms with Crippen LogP contribution >= 0.6 is 0 Å². The van der Waals surface area contributed by atoms with E-state index in [-0.39, 0.29) is 17.9 Å². The van der Waals surface area contributed by atoms with Gasteiger partial charge in [-0.2, -0.15) is 0 Å². The molecule has 5 rings (SSSR count). The van der Waals surface area contributed by atoms with Crippen molar-refractivity contribution >= 4 is 17.9 Å². The van der Waals surface area contributed by atoms with Gasteiger partial charge in [-0.15, -0.1) is 0 Å². The number of benzene rings is 1. The van der Waals surface area contributed by atoms with Crippen LogP contribution in [0.5, 0.6) is 0 Å². The minimum absolute atomic E-state index is 0.0154. The number of ether oxygens (including phenoxy) is 2. The van der Waals surface area contributed by atoms with Crippen molar-refractivity contribution in [1.29, 1.82) is 5.41 Å². The molecular weight excluding hydrogens is 370 g/mol. The first kappa shape index (κ1) is 19.7. The van der Waals surface area contributed by atoms with Gasteiger partial charge in [0.2, 0.25) is 0 Å². The fourth-order valence-corrected chi connectivity index (χ4v) is 5.92. The number of hydrogen-bond donors (Lipinski definition) is 3. The summed E-state index contributed by atoms with van der Waals surface area (Å²) in [6.07, 6.45) is 6.39. The molecule has 4 N–H and O–H groups in total. The van der Waals surface area contributed by atoms with Gasteiger partial charge in [-0.3, -0.25) is 5.41 Å². The fraction of sp³-hybridized carbons (Fsp3) is 0.591. The molecule has 0 aliphatic heterocycles.